The van der Waals surface area contributed by atoms with Crippen LogP contribution >= 0.6 is 0 Å². The van der Waals surface area contributed by atoms with Crippen molar-refractivity contribution >= 4 is 12.1 Å². The molecule has 1 rings (SSSR count). The van der Waals surface area contributed by atoms with Crippen LogP contribution in [0.1, 0.15) is 53.4 Å². The van der Waals surface area contributed by atoms with Gasteiger partial charge in [-0.3, -0.25) is 4.99 Å². The number of guanidine groups is 1. The van der Waals surface area contributed by atoms with Crippen molar-refractivity contribution in [3.63, 3.8) is 0 Å². The molecule has 8 nitrogen and oxygen atoms in total. The van der Waals surface area contributed by atoms with E-state index >= 15 is 0 Å². The molecule has 0 aromatic carbocycles. The fourth-order valence-corrected chi connectivity index (χ4v) is 3.17. The Labute approximate surface area is 176 Å². The summed E-state index contributed by atoms with van der Waals surface area (Å²) in [4.78, 5) is 16.4. The maximum absolute atomic E-state index is 11.8. The van der Waals surface area contributed by atoms with E-state index in [9.17, 15) is 4.79 Å². The molecule has 1 saturated heterocycles. The lowest BCUT2D eigenvalue weighted by Gasteiger charge is -2.21. The Hall–Kier alpha value is -1.54. The van der Waals surface area contributed by atoms with Crippen molar-refractivity contribution in [2.75, 3.05) is 52.7 Å². The SMILES string of the molecule is CCNC(=NCC(CC(C)C)NC(=O)OCC)NCCCOCC1CCOCC1. The second-order valence-corrected chi connectivity index (χ2v) is 7.82. The van der Waals surface area contributed by atoms with Gasteiger partial charge in [0.15, 0.2) is 5.96 Å². The lowest BCUT2D eigenvalue weighted by atomic mass is 10.0. The molecule has 1 aliphatic heterocycles. The number of nitrogens with zero attached hydrogens (tertiary/aromatic N) is 1. The van der Waals surface area contributed by atoms with E-state index in [2.05, 4.69) is 34.8 Å². The second kappa shape index (κ2) is 16.3. The van der Waals surface area contributed by atoms with Gasteiger partial charge in [0.25, 0.3) is 0 Å². The maximum atomic E-state index is 11.8. The zero-order valence-corrected chi connectivity index (χ0v) is 18.8. The van der Waals surface area contributed by atoms with Gasteiger partial charge in [-0.2, -0.15) is 0 Å². The summed E-state index contributed by atoms with van der Waals surface area (Å²) < 4.78 is 16.2. The Balaban J connectivity index is 2.33. The molecule has 1 fully saturated rings. The molecule has 0 spiro atoms. The van der Waals surface area contributed by atoms with Gasteiger partial charge >= 0.3 is 6.09 Å². The van der Waals surface area contributed by atoms with Gasteiger partial charge in [-0.25, -0.2) is 4.79 Å². The van der Waals surface area contributed by atoms with Gasteiger partial charge in [0.05, 0.1) is 19.2 Å². The number of hydrogen-bond acceptors (Lipinski definition) is 5. The lowest BCUT2D eigenvalue weighted by Crippen LogP contribution is -2.42. The molecule has 0 aliphatic carbocycles. The lowest BCUT2D eigenvalue weighted by molar-refractivity contribution is 0.0203. The number of amides is 1. The molecule has 1 aliphatic rings. The van der Waals surface area contributed by atoms with Crippen LogP contribution in [-0.2, 0) is 14.2 Å². The molecule has 0 radical (unpaired) electrons. The third-order valence-electron chi connectivity index (χ3n) is 4.62. The zero-order valence-electron chi connectivity index (χ0n) is 18.8. The van der Waals surface area contributed by atoms with Crippen LogP contribution in [-0.4, -0.2) is 70.8 Å². The summed E-state index contributed by atoms with van der Waals surface area (Å²) in [6, 6.07) is -0.0488. The number of carbonyl (C=O) groups excluding carboxylic acids is 1. The first-order chi connectivity index (χ1) is 14.0. The molecule has 3 N–H and O–H groups in total. The zero-order chi connectivity index (χ0) is 21.3. The van der Waals surface area contributed by atoms with E-state index in [0.717, 1.165) is 71.2 Å². The summed E-state index contributed by atoms with van der Waals surface area (Å²) in [6.07, 6.45) is 3.60. The third kappa shape index (κ3) is 13.3. The van der Waals surface area contributed by atoms with Gasteiger partial charge in [0.1, 0.15) is 0 Å². The van der Waals surface area contributed by atoms with E-state index < -0.39 is 0 Å². The largest absolute Gasteiger partial charge is 0.450 e. The third-order valence-corrected chi connectivity index (χ3v) is 4.62. The van der Waals surface area contributed by atoms with Crippen LogP contribution in [0.5, 0.6) is 0 Å². The molecule has 1 unspecified atom stereocenters. The quantitative estimate of drug-likeness (QED) is 0.244. The van der Waals surface area contributed by atoms with Gasteiger partial charge in [0, 0.05) is 39.5 Å². The van der Waals surface area contributed by atoms with Crippen molar-refractivity contribution in [2.24, 2.45) is 16.8 Å². The van der Waals surface area contributed by atoms with Crippen molar-refractivity contribution in [1.82, 2.24) is 16.0 Å². The molecular formula is C21H42N4O4. The molecular weight excluding hydrogens is 372 g/mol. The number of rotatable bonds is 13. The molecule has 1 atom stereocenters. The average molecular weight is 415 g/mol. The molecule has 0 bridgehead atoms. The number of nitrogens with one attached hydrogen (secondary N) is 3. The van der Waals surface area contributed by atoms with Gasteiger partial charge in [0.2, 0.25) is 0 Å². The number of aliphatic imine (C=N–C) groups is 1. The molecule has 8 heteroatoms. The molecule has 0 saturated carbocycles. The predicted molar refractivity (Wildman–Crippen MR) is 116 cm³/mol. The van der Waals surface area contributed by atoms with Crippen molar-refractivity contribution < 1.29 is 19.0 Å². The van der Waals surface area contributed by atoms with E-state index in [0.29, 0.717) is 25.0 Å². The van der Waals surface area contributed by atoms with Crippen molar-refractivity contribution in [2.45, 2.75) is 59.4 Å². The van der Waals surface area contributed by atoms with Gasteiger partial charge in [-0.1, -0.05) is 13.8 Å². The molecule has 0 aromatic rings. The molecule has 1 amide bonds. The van der Waals surface area contributed by atoms with Crippen LogP contribution in [0.3, 0.4) is 0 Å². The van der Waals surface area contributed by atoms with E-state index in [1.54, 1.807) is 6.92 Å². The van der Waals surface area contributed by atoms with E-state index in [-0.39, 0.29) is 12.1 Å². The highest BCUT2D eigenvalue weighted by Gasteiger charge is 2.15. The maximum Gasteiger partial charge on any atom is 0.407 e. The van der Waals surface area contributed by atoms with E-state index in [4.69, 9.17) is 14.2 Å². The van der Waals surface area contributed by atoms with Crippen LogP contribution in [0.25, 0.3) is 0 Å². The number of ether oxygens (including phenoxy) is 3. The molecule has 1 heterocycles. The Morgan fingerprint density at radius 1 is 1.21 bits per heavy atom. The highest BCUT2D eigenvalue weighted by Crippen LogP contribution is 2.14. The summed E-state index contributed by atoms with van der Waals surface area (Å²) in [6.45, 7) is 13.8. The highest BCUT2D eigenvalue weighted by atomic mass is 16.5. The van der Waals surface area contributed by atoms with Crippen molar-refractivity contribution in [3.05, 3.63) is 0 Å². The van der Waals surface area contributed by atoms with Crippen LogP contribution in [0.4, 0.5) is 4.79 Å². The Morgan fingerprint density at radius 3 is 2.62 bits per heavy atom. The number of alkyl carbamates (subject to hydrolysis) is 1. The summed E-state index contributed by atoms with van der Waals surface area (Å²) in [7, 11) is 0. The predicted octanol–water partition coefficient (Wildman–Crippen LogP) is 2.54. The van der Waals surface area contributed by atoms with Gasteiger partial charge < -0.3 is 30.2 Å². The first-order valence-electron chi connectivity index (χ1n) is 11.2. The minimum Gasteiger partial charge on any atom is -0.450 e. The van der Waals surface area contributed by atoms with Crippen LogP contribution in [0.2, 0.25) is 0 Å². The van der Waals surface area contributed by atoms with Crippen LogP contribution < -0.4 is 16.0 Å². The summed E-state index contributed by atoms with van der Waals surface area (Å²) >= 11 is 0. The first kappa shape index (κ1) is 25.5. The first-order valence-corrected chi connectivity index (χ1v) is 11.2. The minimum absolute atomic E-state index is 0.0488. The molecule has 0 aromatic heterocycles. The van der Waals surface area contributed by atoms with Crippen LogP contribution in [0, 0.1) is 11.8 Å². The van der Waals surface area contributed by atoms with E-state index in [1.165, 1.54) is 0 Å². The summed E-state index contributed by atoms with van der Waals surface area (Å²) in [5.41, 5.74) is 0. The van der Waals surface area contributed by atoms with Crippen molar-refractivity contribution in [3.8, 4) is 0 Å². The normalized spacial score (nSPS) is 16.5. The smallest absolute Gasteiger partial charge is 0.407 e. The summed E-state index contributed by atoms with van der Waals surface area (Å²) in [5.74, 6) is 1.86. The van der Waals surface area contributed by atoms with Crippen LogP contribution in [0.15, 0.2) is 4.99 Å². The Kier molecular flexibility index (Phi) is 14.3. The van der Waals surface area contributed by atoms with E-state index in [1.807, 2.05) is 6.92 Å². The van der Waals surface area contributed by atoms with Gasteiger partial charge in [-0.15, -0.1) is 0 Å². The number of carbonyl (C=O) groups is 1. The molecule has 29 heavy (non-hydrogen) atoms. The monoisotopic (exact) mass is 414 g/mol. The number of hydrogen-bond donors (Lipinski definition) is 3. The van der Waals surface area contributed by atoms with Gasteiger partial charge in [-0.05, 0) is 51.4 Å². The topological polar surface area (TPSA) is 93.2 Å². The minimum atomic E-state index is -0.381. The highest BCUT2D eigenvalue weighted by molar-refractivity contribution is 5.79. The molecule has 170 valence electrons. The fraction of sp³-hybridized carbons (Fsp3) is 0.905. The standard InChI is InChI=1S/C21H42N4O4/c1-5-22-20(23-10-7-11-28-16-18-8-12-27-13-9-18)24-15-19(14-17(3)4)25-21(26)29-6-2/h17-19H,5-16H2,1-4H3,(H,25,26)(H2,22,23,24). The van der Waals surface area contributed by atoms with Crippen molar-refractivity contribution in [1.29, 1.82) is 0 Å². The second-order valence-electron chi connectivity index (χ2n) is 7.82. The fourth-order valence-electron chi connectivity index (χ4n) is 3.17. The average Bonchev–Trinajstić information content (AvgIpc) is 2.69. The Bertz CT molecular complexity index is 454. The summed E-state index contributed by atoms with van der Waals surface area (Å²) in [5, 5.41) is 9.50. The Morgan fingerprint density at radius 2 is 1.97 bits per heavy atom.